The number of benzene rings is 1. The zero-order valence-corrected chi connectivity index (χ0v) is 14.9. The Kier molecular flexibility index (Phi) is 4.41. The molecule has 0 aliphatic carbocycles. The number of amides is 5. The van der Waals surface area contributed by atoms with Crippen LogP contribution in [-0.4, -0.2) is 53.4 Å². The SMILES string of the molecule is CCc1ccc(NC(=O)N2CCC3(C2)NC(=O)N(C)C3=O)cc1CC. The summed E-state index contributed by atoms with van der Waals surface area (Å²) in [6.07, 6.45) is 2.30. The van der Waals surface area contributed by atoms with Gasteiger partial charge in [-0.15, -0.1) is 0 Å². The Bertz CT molecular complexity index is 733. The number of aryl methyl sites for hydroxylation is 2. The van der Waals surface area contributed by atoms with Gasteiger partial charge < -0.3 is 15.5 Å². The molecule has 1 aromatic rings. The lowest BCUT2D eigenvalue weighted by Gasteiger charge is -2.22. The lowest BCUT2D eigenvalue weighted by molar-refractivity contribution is -0.129. The van der Waals surface area contributed by atoms with Gasteiger partial charge in [-0.05, 0) is 42.5 Å². The van der Waals surface area contributed by atoms with Gasteiger partial charge in [-0.2, -0.15) is 0 Å². The van der Waals surface area contributed by atoms with Crippen molar-refractivity contribution in [2.45, 2.75) is 38.6 Å². The van der Waals surface area contributed by atoms with Crippen LogP contribution in [0.1, 0.15) is 31.4 Å². The molecule has 1 atom stereocenters. The van der Waals surface area contributed by atoms with Crippen molar-refractivity contribution >= 4 is 23.7 Å². The first-order valence-electron chi connectivity index (χ1n) is 8.68. The number of likely N-dealkylation sites (N-methyl/N-ethyl adjacent to an activating group) is 1. The van der Waals surface area contributed by atoms with E-state index < -0.39 is 11.6 Å². The molecule has 0 saturated carbocycles. The fourth-order valence-electron chi connectivity index (χ4n) is 3.60. The molecule has 0 radical (unpaired) electrons. The quantitative estimate of drug-likeness (QED) is 0.823. The summed E-state index contributed by atoms with van der Waals surface area (Å²) in [6, 6.07) is 5.28. The van der Waals surface area contributed by atoms with Gasteiger partial charge in [0.2, 0.25) is 0 Å². The van der Waals surface area contributed by atoms with Crippen LogP contribution in [0.3, 0.4) is 0 Å². The third-order valence-electron chi connectivity index (χ3n) is 5.14. The Hall–Kier alpha value is -2.57. The number of hydrogen-bond acceptors (Lipinski definition) is 3. The predicted octanol–water partition coefficient (Wildman–Crippen LogP) is 1.97. The molecule has 5 amide bonds. The van der Waals surface area contributed by atoms with Crippen LogP contribution in [0.2, 0.25) is 0 Å². The molecule has 2 saturated heterocycles. The van der Waals surface area contributed by atoms with Crippen LogP contribution in [-0.2, 0) is 17.6 Å². The van der Waals surface area contributed by atoms with Crippen molar-refractivity contribution in [3.05, 3.63) is 29.3 Å². The van der Waals surface area contributed by atoms with Crippen LogP contribution >= 0.6 is 0 Å². The fourth-order valence-corrected chi connectivity index (χ4v) is 3.60. The zero-order valence-electron chi connectivity index (χ0n) is 14.9. The van der Waals surface area contributed by atoms with Gasteiger partial charge in [-0.1, -0.05) is 19.9 Å². The number of rotatable bonds is 3. The highest BCUT2D eigenvalue weighted by Crippen LogP contribution is 2.28. The minimum absolute atomic E-state index is 0.196. The first kappa shape index (κ1) is 17.3. The van der Waals surface area contributed by atoms with Crippen LogP contribution in [0.15, 0.2) is 18.2 Å². The standard InChI is InChI=1S/C18H24N4O3/c1-4-12-6-7-14(10-13(12)5-2)19-16(24)22-9-8-18(11-22)15(23)21(3)17(25)20-18/h6-7,10H,4-5,8-9,11H2,1-3H3,(H,19,24)(H,20,25). The summed E-state index contributed by atoms with van der Waals surface area (Å²) in [7, 11) is 1.46. The molecular weight excluding hydrogens is 320 g/mol. The average molecular weight is 344 g/mol. The number of urea groups is 2. The highest BCUT2D eigenvalue weighted by molar-refractivity contribution is 6.07. The van der Waals surface area contributed by atoms with E-state index in [1.165, 1.54) is 18.2 Å². The van der Waals surface area contributed by atoms with E-state index >= 15 is 0 Å². The molecule has 2 aliphatic rings. The summed E-state index contributed by atoms with van der Waals surface area (Å²) in [5.41, 5.74) is 2.28. The molecule has 2 N–H and O–H groups in total. The van der Waals surface area contributed by atoms with Crippen LogP contribution in [0, 0.1) is 0 Å². The summed E-state index contributed by atoms with van der Waals surface area (Å²) >= 11 is 0. The van der Waals surface area contributed by atoms with Gasteiger partial charge in [-0.25, -0.2) is 9.59 Å². The number of hydrogen-bond donors (Lipinski definition) is 2. The highest BCUT2D eigenvalue weighted by Gasteiger charge is 2.54. The molecule has 2 fully saturated rings. The van der Waals surface area contributed by atoms with E-state index in [1.54, 1.807) is 4.90 Å². The largest absolute Gasteiger partial charge is 0.324 e. The summed E-state index contributed by atoms with van der Waals surface area (Å²) in [6.45, 7) is 4.83. The number of imide groups is 1. The Morgan fingerprint density at radius 3 is 2.56 bits per heavy atom. The fraction of sp³-hybridized carbons (Fsp3) is 0.500. The molecule has 7 heteroatoms. The first-order chi connectivity index (χ1) is 11.9. The summed E-state index contributed by atoms with van der Waals surface area (Å²) in [5, 5.41) is 5.63. The van der Waals surface area contributed by atoms with E-state index in [1.807, 2.05) is 18.2 Å². The highest BCUT2D eigenvalue weighted by atomic mass is 16.2. The predicted molar refractivity (Wildman–Crippen MR) is 94.4 cm³/mol. The van der Waals surface area contributed by atoms with Crippen molar-refractivity contribution in [1.82, 2.24) is 15.1 Å². The molecular formula is C18H24N4O3. The van der Waals surface area contributed by atoms with Crippen molar-refractivity contribution in [1.29, 1.82) is 0 Å². The summed E-state index contributed by atoms with van der Waals surface area (Å²) in [4.78, 5) is 39.2. The van der Waals surface area contributed by atoms with Gasteiger partial charge in [0.25, 0.3) is 5.91 Å². The maximum atomic E-state index is 12.6. The van der Waals surface area contributed by atoms with Crippen molar-refractivity contribution in [3.8, 4) is 0 Å². The average Bonchev–Trinajstić information content (AvgIpc) is 3.13. The molecule has 7 nitrogen and oxygen atoms in total. The molecule has 3 rings (SSSR count). The van der Waals surface area contributed by atoms with Crippen molar-refractivity contribution in [2.24, 2.45) is 0 Å². The second kappa shape index (κ2) is 6.38. The smallest absolute Gasteiger partial charge is 0.322 e. The minimum Gasteiger partial charge on any atom is -0.322 e. The van der Waals surface area contributed by atoms with E-state index in [-0.39, 0.29) is 18.5 Å². The Morgan fingerprint density at radius 2 is 1.96 bits per heavy atom. The molecule has 0 aromatic heterocycles. The maximum Gasteiger partial charge on any atom is 0.324 e. The van der Waals surface area contributed by atoms with Gasteiger partial charge in [0.15, 0.2) is 0 Å². The van der Waals surface area contributed by atoms with Crippen LogP contribution < -0.4 is 10.6 Å². The monoisotopic (exact) mass is 344 g/mol. The normalized spacial score (nSPS) is 22.7. The molecule has 1 unspecified atom stereocenters. The number of likely N-dealkylation sites (tertiary alicyclic amines) is 1. The molecule has 2 aliphatic heterocycles. The van der Waals surface area contributed by atoms with E-state index in [0.29, 0.717) is 13.0 Å². The molecule has 0 bridgehead atoms. The third-order valence-corrected chi connectivity index (χ3v) is 5.14. The molecule has 1 spiro atoms. The summed E-state index contributed by atoms with van der Waals surface area (Å²) in [5.74, 6) is -0.270. The Morgan fingerprint density at radius 1 is 1.24 bits per heavy atom. The topological polar surface area (TPSA) is 81.8 Å². The van der Waals surface area contributed by atoms with Crippen LogP contribution in [0.4, 0.5) is 15.3 Å². The first-order valence-corrected chi connectivity index (χ1v) is 8.68. The Labute approximate surface area is 147 Å². The molecule has 25 heavy (non-hydrogen) atoms. The number of nitrogens with zero attached hydrogens (tertiary/aromatic N) is 2. The second-order valence-electron chi connectivity index (χ2n) is 6.67. The number of nitrogens with one attached hydrogen (secondary N) is 2. The molecule has 134 valence electrons. The van der Waals surface area contributed by atoms with Crippen LogP contribution in [0.5, 0.6) is 0 Å². The van der Waals surface area contributed by atoms with E-state index in [4.69, 9.17) is 0 Å². The second-order valence-corrected chi connectivity index (χ2v) is 6.67. The maximum absolute atomic E-state index is 12.6. The van der Waals surface area contributed by atoms with Crippen LogP contribution in [0.25, 0.3) is 0 Å². The summed E-state index contributed by atoms with van der Waals surface area (Å²) < 4.78 is 0. The van der Waals surface area contributed by atoms with Gasteiger partial charge in [0.05, 0.1) is 6.54 Å². The number of carbonyl (C=O) groups excluding carboxylic acids is 3. The molecule has 1 aromatic carbocycles. The van der Waals surface area contributed by atoms with Gasteiger partial charge in [0.1, 0.15) is 5.54 Å². The van der Waals surface area contributed by atoms with Crippen molar-refractivity contribution in [2.75, 3.05) is 25.5 Å². The van der Waals surface area contributed by atoms with Gasteiger partial charge in [0, 0.05) is 19.3 Å². The zero-order chi connectivity index (χ0) is 18.2. The third kappa shape index (κ3) is 2.94. The van der Waals surface area contributed by atoms with Crippen molar-refractivity contribution in [3.63, 3.8) is 0 Å². The lowest BCUT2D eigenvalue weighted by atomic mass is 9.99. The lowest BCUT2D eigenvalue weighted by Crippen LogP contribution is -2.50. The minimum atomic E-state index is -0.968. The molecule has 2 heterocycles. The number of anilines is 1. The van der Waals surface area contributed by atoms with E-state index in [0.717, 1.165) is 23.4 Å². The van der Waals surface area contributed by atoms with Crippen molar-refractivity contribution < 1.29 is 14.4 Å². The number of carbonyl (C=O) groups is 3. The van der Waals surface area contributed by atoms with Gasteiger partial charge >= 0.3 is 12.1 Å². The van der Waals surface area contributed by atoms with Gasteiger partial charge in [-0.3, -0.25) is 9.69 Å². The Balaban J connectivity index is 1.69. The van der Waals surface area contributed by atoms with E-state index in [2.05, 4.69) is 24.5 Å². The van der Waals surface area contributed by atoms with E-state index in [9.17, 15) is 14.4 Å².